The first-order valence-corrected chi connectivity index (χ1v) is 12.4. The predicted molar refractivity (Wildman–Crippen MR) is 144 cm³/mol. The van der Waals surface area contributed by atoms with Gasteiger partial charge in [0, 0.05) is 40.9 Å². The molecule has 3 N–H and O–H groups in total. The minimum absolute atomic E-state index is 0.0184. The number of anilines is 1. The summed E-state index contributed by atoms with van der Waals surface area (Å²) in [6, 6.07) is 7.03. The summed E-state index contributed by atoms with van der Waals surface area (Å²) in [5, 5.41) is 9.82. The van der Waals surface area contributed by atoms with Gasteiger partial charge in [0.15, 0.2) is 0 Å². The van der Waals surface area contributed by atoms with Gasteiger partial charge in [-0.2, -0.15) is 0 Å². The third-order valence-electron chi connectivity index (χ3n) is 4.93. The number of carboxylic acid groups (broad SMARTS) is 1. The lowest BCUT2D eigenvalue weighted by Gasteiger charge is -2.24. The van der Waals surface area contributed by atoms with Gasteiger partial charge in [0.1, 0.15) is 5.75 Å². The molecule has 10 heteroatoms. The Morgan fingerprint density at radius 3 is 2.47 bits per heavy atom. The van der Waals surface area contributed by atoms with Crippen LogP contribution in [0.5, 0.6) is 5.75 Å². The van der Waals surface area contributed by atoms with Gasteiger partial charge >= 0.3 is 5.97 Å². The molecule has 0 aliphatic rings. The minimum atomic E-state index is -3.74. The number of aromatic carboxylic acids is 1. The lowest BCUT2D eigenvalue weighted by Crippen LogP contribution is -2.15. The molecule has 0 aliphatic carbocycles. The van der Waals surface area contributed by atoms with Gasteiger partial charge in [-0.3, -0.25) is 9.52 Å². The highest BCUT2D eigenvalue weighted by Crippen LogP contribution is 2.38. The Hall–Kier alpha value is -3.56. The highest BCUT2D eigenvalue weighted by Gasteiger charge is 2.23. The molecule has 0 amide bonds. The molecule has 0 spiro atoms. The van der Waals surface area contributed by atoms with Crippen molar-refractivity contribution < 1.29 is 35.4 Å². The van der Waals surface area contributed by atoms with Crippen molar-refractivity contribution >= 4 is 45.4 Å². The van der Waals surface area contributed by atoms with Gasteiger partial charge in [-0.15, -0.1) is 0 Å². The Balaban J connectivity index is 2.50. The van der Waals surface area contributed by atoms with Crippen LogP contribution >= 0.6 is 11.6 Å². The van der Waals surface area contributed by atoms with E-state index in [0.717, 1.165) is 25.5 Å². The molecule has 2 aromatic carbocycles. The number of carboxylic acids is 1. The fourth-order valence-corrected chi connectivity index (χ4v) is 4.17. The molecular formula is C26H27ClN2O6S. The van der Waals surface area contributed by atoms with Gasteiger partial charge in [0.2, 0.25) is 10.0 Å². The van der Waals surface area contributed by atoms with E-state index in [4.69, 9.17) is 28.7 Å². The van der Waals surface area contributed by atoms with Crippen LogP contribution in [0.4, 0.5) is 5.69 Å². The maximum Gasteiger partial charge on any atom is 0.336 e. The largest absolute Gasteiger partial charge is 0.496 e. The number of halogens is 1. The zero-order valence-corrected chi connectivity index (χ0v) is 20.5. The summed E-state index contributed by atoms with van der Waals surface area (Å²) in [4.78, 5) is 27.2. The number of carbonyl (C=O) groups is 1. The zero-order chi connectivity index (χ0) is 34.3. The molecule has 8 nitrogen and oxygen atoms in total. The summed E-state index contributed by atoms with van der Waals surface area (Å²) in [5.41, 5.74) is -5.85. The van der Waals surface area contributed by atoms with Crippen molar-refractivity contribution in [1.82, 2.24) is 4.98 Å². The van der Waals surface area contributed by atoms with Crippen molar-refractivity contribution in [1.29, 1.82) is 0 Å². The number of aromatic nitrogens is 1. The van der Waals surface area contributed by atoms with E-state index in [0.29, 0.717) is 0 Å². The van der Waals surface area contributed by atoms with Gasteiger partial charge in [0.25, 0.3) is 5.56 Å². The van der Waals surface area contributed by atoms with Crippen molar-refractivity contribution in [2.24, 2.45) is 0 Å². The molecule has 0 saturated heterocycles. The van der Waals surface area contributed by atoms with Crippen molar-refractivity contribution in [3.8, 4) is 16.9 Å². The molecule has 36 heavy (non-hydrogen) atoms. The van der Waals surface area contributed by atoms with Gasteiger partial charge in [-0.05, 0) is 46.9 Å². The number of pyridine rings is 1. The summed E-state index contributed by atoms with van der Waals surface area (Å²) in [6.07, 6.45) is 4.48. The number of rotatable bonds is 7. The number of ether oxygens (including phenoxy) is 1. The Labute approximate surface area is 227 Å². The number of nitrogens with one attached hydrogen (secondary N) is 2. The molecule has 0 aliphatic heterocycles. The Kier molecular flexibility index (Phi) is 4.82. The van der Waals surface area contributed by atoms with E-state index >= 15 is 0 Å². The first-order chi connectivity index (χ1) is 20.4. The van der Waals surface area contributed by atoms with E-state index in [1.807, 2.05) is 0 Å². The number of hydrogen-bond acceptors (Lipinski definition) is 5. The summed E-state index contributed by atoms with van der Waals surface area (Å²) >= 11 is 6.08. The van der Waals surface area contributed by atoms with Crippen LogP contribution in [0, 0.1) is 0 Å². The van der Waals surface area contributed by atoms with Crippen LogP contribution in [0.1, 0.15) is 59.9 Å². The molecule has 0 saturated carbocycles. The monoisotopic (exact) mass is 539 g/mol. The van der Waals surface area contributed by atoms with E-state index in [9.17, 15) is 23.1 Å². The lowest BCUT2D eigenvalue weighted by atomic mass is 9.83. The van der Waals surface area contributed by atoms with Gasteiger partial charge in [-0.25, -0.2) is 13.2 Å². The standard InChI is InChI=1S/C26H27ClN2O6S/c1-26(2,3)22-11-17(20-12-18(27)14-28-24(20)30)10-16(23(22)35-4)7-6-15-8-9-19(29-36(5,33)34)13-21(15)25(31)32/h6-14,29H,1-5H3,(H,28,30)(H,31,32)/b7-6+/i1D3,2D3,3D3. The van der Waals surface area contributed by atoms with E-state index in [-0.39, 0.29) is 38.5 Å². The highest BCUT2D eigenvalue weighted by atomic mass is 35.5. The number of methoxy groups -OCH3 is 1. The topological polar surface area (TPSA) is 126 Å². The second-order valence-corrected chi connectivity index (χ2v) is 9.96. The van der Waals surface area contributed by atoms with Gasteiger partial charge in [-0.1, -0.05) is 50.4 Å². The van der Waals surface area contributed by atoms with Crippen LogP contribution in [-0.2, 0) is 15.4 Å². The molecule has 1 heterocycles. The third-order valence-corrected chi connectivity index (χ3v) is 5.76. The quantitative estimate of drug-likeness (QED) is 0.352. The van der Waals surface area contributed by atoms with Crippen LogP contribution in [0.15, 0.2) is 47.4 Å². The second kappa shape index (κ2) is 10.2. The van der Waals surface area contributed by atoms with Crippen molar-refractivity contribution in [3.63, 3.8) is 0 Å². The van der Waals surface area contributed by atoms with Crippen molar-refractivity contribution in [2.45, 2.75) is 26.0 Å². The first-order valence-electron chi connectivity index (χ1n) is 14.6. The molecule has 1 aromatic heterocycles. The van der Waals surface area contributed by atoms with E-state index in [1.54, 1.807) is 0 Å². The molecule has 0 fully saturated rings. The van der Waals surface area contributed by atoms with Gasteiger partial charge < -0.3 is 14.8 Å². The summed E-state index contributed by atoms with van der Waals surface area (Å²) in [5.74, 6) is -1.92. The molecule has 0 bridgehead atoms. The number of sulfonamides is 1. The zero-order valence-electron chi connectivity index (χ0n) is 28.0. The second-order valence-electron chi connectivity index (χ2n) is 7.77. The predicted octanol–water partition coefficient (Wildman–Crippen LogP) is 5.24. The third kappa shape index (κ3) is 6.35. The van der Waals surface area contributed by atoms with Crippen molar-refractivity contribution in [2.75, 3.05) is 18.1 Å². The molecule has 0 radical (unpaired) electrons. The summed E-state index contributed by atoms with van der Waals surface area (Å²) in [6.45, 7) is -11.1. The average molecular weight is 540 g/mol. The van der Waals surface area contributed by atoms with Crippen LogP contribution in [0.3, 0.4) is 0 Å². The van der Waals surface area contributed by atoms with Gasteiger partial charge in [0.05, 0.1) is 24.0 Å². The number of aromatic amines is 1. The fourth-order valence-electron chi connectivity index (χ4n) is 3.45. The average Bonchev–Trinajstić information content (AvgIpc) is 2.85. The number of benzene rings is 2. The summed E-state index contributed by atoms with van der Waals surface area (Å²) < 4.78 is 105. The number of hydrogen-bond donors (Lipinski definition) is 3. The molecular weight excluding hydrogens is 504 g/mol. The smallest absolute Gasteiger partial charge is 0.336 e. The first kappa shape index (κ1) is 17.0. The normalized spacial score (nSPS) is 16.8. The van der Waals surface area contributed by atoms with Crippen molar-refractivity contribution in [3.05, 3.63) is 80.2 Å². The van der Waals surface area contributed by atoms with Crippen LogP contribution in [-0.4, -0.2) is 37.8 Å². The molecule has 3 aromatic rings. The Morgan fingerprint density at radius 1 is 1.17 bits per heavy atom. The lowest BCUT2D eigenvalue weighted by molar-refractivity contribution is 0.0696. The number of H-pyrrole nitrogens is 1. The van der Waals surface area contributed by atoms with Crippen LogP contribution < -0.4 is 15.0 Å². The van der Waals surface area contributed by atoms with Crippen LogP contribution in [0.25, 0.3) is 23.3 Å². The van der Waals surface area contributed by atoms with E-state index in [1.165, 1.54) is 42.6 Å². The molecule has 190 valence electrons. The van der Waals surface area contributed by atoms with Crippen LogP contribution in [0.2, 0.25) is 5.02 Å². The molecule has 0 unspecified atom stereocenters. The maximum absolute atomic E-state index is 12.8. The van der Waals surface area contributed by atoms with E-state index < -0.39 is 58.8 Å². The SMILES string of the molecule is [2H]C([2H])([2H])C(c1cc(-c2cc(Cl)c[nH]c2=O)cc(/C=C/c2ccc(NS(C)(=O)=O)cc2C(=O)O)c1OC)(C([2H])([2H])[2H])C([2H])([2H])[2H]. The minimum Gasteiger partial charge on any atom is -0.496 e. The van der Waals surface area contributed by atoms with E-state index in [2.05, 4.69) is 9.71 Å². The highest BCUT2D eigenvalue weighted by molar-refractivity contribution is 7.92. The fraction of sp³-hybridized carbons (Fsp3) is 0.231. The Morgan fingerprint density at radius 2 is 1.86 bits per heavy atom. The Bertz CT molecular complexity index is 1800. The summed E-state index contributed by atoms with van der Waals surface area (Å²) in [7, 11) is -2.69. The maximum atomic E-state index is 12.8. The molecule has 0 atom stereocenters. The molecule has 3 rings (SSSR count).